The van der Waals surface area contributed by atoms with Crippen molar-refractivity contribution >= 4 is 11.6 Å². The van der Waals surface area contributed by atoms with Crippen molar-refractivity contribution in [2.45, 2.75) is 19.8 Å². The van der Waals surface area contributed by atoms with E-state index < -0.39 is 0 Å². The zero-order valence-electron chi connectivity index (χ0n) is 9.69. The van der Waals surface area contributed by atoms with Gasteiger partial charge in [-0.05, 0) is 37.1 Å². The van der Waals surface area contributed by atoms with Crippen molar-refractivity contribution in [2.24, 2.45) is 5.92 Å². The molecule has 0 bridgehead atoms. The Hall–Kier alpha value is -2.02. The van der Waals surface area contributed by atoms with E-state index in [1.807, 2.05) is 31.2 Å². The summed E-state index contributed by atoms with van der Waals surface area (Å²) in [4.78, 5) is 11.7. The normalized spacial score (nSPS) is 17.9. The summed E-state index contributed by atoms with van der Waals surface area (Å²) in [5.41, 5.74) is 1.86. The Morgan fingerprint density at radius 3 is 3.12 bits per heavy atom. The maximum absolute atomic E-state index is 11.7. The lowest BCUT2D eigenvalue weighted by Gasteiger charge is -2.23. The first kappa shape index (κ1) is 11.5. The van der Waals surface area contributed by atoms with Gasteiger partial charge in [-0.3, -0.25) is 4.79 Å². The molecule has 1 heterocycles. The highest BCUT2D eigenvalue weighted by Crippen LogP contribution is 2.30. The Balaban J connectivity index is 2.24. The highest BCUT2D eigenvalue weighted by molar-refractivity contribution is 5.96. The average Bonchev–Trinajstić information content (AvgIpc) is 2.31. The van der Waals surface area contributed by atoms with Crippen LogP contribution in [0.25, 0.3) is 0 Å². The quantitative estimate of drug-likeness (QED) is 0.865. The molecule has 1 aliphatic heterocycles. The largest absolute Gasteiger partial charge is 0.494 e. The van der Waals surface area contributed by atoms with Crippen molar-refractivity contribution in [1.82, 2.24) is 0 Å². The van der Waals surface area contributed by atoms with E-state index in [2.05, 4.69) is 5.32 Å². The molecule has 0 radical (unpaired) electrons. The second kappa shape index (κ2) is 4.88. The molecule has 1 aromatic carbocycles. The van der Waals surface area contributed by atoms with Gasteiger partial charge in [0, 0.05) is 12.1 Å². The molecule has 0 saturated heterocycles. The molecule has 1 atom stereocenters. The Morgan fingerprint density at radius 1 is 1.59 bits per heavy atom. The van der Waals surface area contributed by atoms with E-state index in [-0.39, 0.29) is 18.2 Å². The van der Waals surface area contributed by atoms with Gasteiger partial charge in [0.2, 0.25) is 5.91 Å². The first-order valence-corrected chi connectivity index (χ1v) is 5.68. The molecule has 0 aliphatic carbocycles. The number of fused-ring (bicyclic) bond motifs is 1. The summed E-state index contributed by atoms with van der Waals surface area (Å²) in [5.74, 6) is 0.491. The Morgan fingerprint density at radius 2 is 2.41 bits per heavy atom. The van der Waals surface area contributed by atoms with Crippen molar-refractivity contribution in [3.05, 3.63) is 23.8 Å². The second-order valence-corrected chi connectivity index (χ2v) is 4.00. The number of amides is 1. The molecule has 0 saturated carbocycles. The third-order valence-electron chi connectivity index (χ3n) is 2.82. The fourth-order valence-corrected chi connectivity index (χ4v) is 1.99. The van der Waals surface area contributed by atoms with E-state index in [9.17, 15) is 4.79 Å². The molecule has 1 aromatic rings. The van der Waals surface area contributed by atoms with Gasteiger partial charge in [-0.25, -0.2) is 0 Å². The molecule has 4 heteroatoms. The lowest BCUT2D eigenvalue weighted by Crippen LogP contribution is -2.29. The molecule has 1 aliphatic rings. The first-order valence-electron chi connectivity index (χ1n) is 5.68. The molecule has 1 N–H and O–H groups in total. The lowest BCUT2D eigenvalue weighted by molar-refractivity contribution is -0.120. The summed E-state index contributed by atoms with van der Waals surface area (Å²) in [5, 5.41) is 11.5. The summed E-state index contributed by atoms with van der Waals surface area (Å²) in [6.45, 7) is 2.55. The fraction of sp³-hybridized carbons (Fsp3) is 0.385. The summed E-state index contributed by atoms with van der Waals surface area (Å²) in [6.07, 6.45) is 0.861. The standard InChI is InChI=1S/C13H14N2O2/c1-2-17-11-3-4-12-10(8-11)7-9(5-6-14)13(16)15-12/h3-4,8-9H,2,5,7H2,1H3,(H,15,16). The first-order chi connectivity index (χ1) is 8.24. The maximum Gasteiger partial charge on any atom is 0.228 e. The molecule has 2 rings (SSSR count). The molecular formula is C13H14N2O2. The number of nitrogens with one attached hydrogen (secondary N) is 1. The summed E-state index contributed by atoms with van der Waals surface area (Å²) >= 11 is 0. The number of carbonyl (C=O) groups excluding carboxylic acids is 1. The van der Waals surface area contributed by atoms with Crippen LogP contribution in [0.15, 0.2) is 18.2 Å². The third-order valence-corrected chi connectivity index (χ3v) is 2.82. The minimum Gasteiger partial charge on any atom is -0.494 e. The van der Waals surface area contributed by atoms with Crippen LogP contribution in [0, 0.1) is 17.2 Å². The smallest absolute Gasteiger partial charge is 0.228 e. The molecule has 1 unspecified atom stereocenters. The van der Waals surface area contributed by atoms with Crippen molar-refractivity contribution in [2.75, 3.05) is 11.9 Å². The van der Waals surface area contributed by atoms with Gasteiger partial charge < -0.3 is 10.1 Å². The van der Waals surface area contributed by atoms with Crippen LogP contribution in [0.3, 0.4) is 0 Å². The lowest BCUT2D eigenvalue weighted by atomic mass is 9.91. The fourth-order valence-electron chi connectivity index (χ4n) is 1.99. The number of benzene rings is 1. The summed E-state index contributed by atoms with van der Waals surface area (Å²) in [6, 6.07) is 7.67. The van der Waals surface area contributed by atoms with Gasteiger partial charge in [0.25, 0.3) is 0 Å². The van der Waals surface area contributed by atoms with Crippen LogP contribution >= 0.6 is 0 Å². The maximum atomic E-state index is 11.7. The van der Waals surface area contributed by atoms with Crippen LogP contribution in [0.4, 0.5) is 5.69 Å². The molecule has 1 amide bonds. The van der Waals surface area contributed by atoms with Crippen LogP contribution < -0.4 is 10.1 Å². The highest BCUT2D eigenvalue weighted by Gasteiger charge is 2.25. The van der Waals surface area contributed by atoms with Gasteiger partial charge >= 0.3 is 0 Å². The minimum absolute atomic E-state index is 0.0665. The summed E-state index contributed by atoms with van der Waals surface area (Å²) < 4.78 is 5.42. The number of hydrogen-bond acceptors (Lipinski definition) is 3. The molecule has 17 heavy (non-hydrogen) atoms. The number of anilines is 1. The van der Waals surface area contributed by atoms with E-state index in [0.29, 0.717) is 13.0 Å². The topological polar surface area (TPSA) is 62.1 Å². The highest BCUT2D eigenvalue weighted by atomic mass is 16.5. The van der Waals surface area contributed by atoms with E-state index >= 15 is 0 Å². The van der Waals surface area contributed by atoms with Gasteiger partial charge in [-0.15, -0.1) is 0 Å². The number of hydrogen-bond donors (Lipinski definition) is 1. The van der Waals surface area contributed by atoms with Gasteiger partial charge in [-0.2, -0.15) is 5.26 Å². The second-order valence-electron chi connectivity index (χ2n) is 4.00. The van der Waals surface area contributed by atoms with Crippen molar-refractivity contribution in [1.29, 1.82) is 5.26 Å². The van der Waals surface area contributed by atoms with E-state index in [1.54, 1.807) is 0 Å². The molecule has 0 fully saturated rings. The minimum atomic E-state index is -0.246. The monoisotopic (exact) mass is 230 g/mol. The Labute approximate surface area is 100 Å². The Kier molecular flexibility index (Phi) is 3.29. The van der Waals surface area contributed by atoms with Gasteiger partial charge in [0.1, 0.15) is 5.75 Å². The van der Waals surface area contributed by atoms with E-state index in [0.717, 1.165) is 17.0 Å². The van der Waals surface area contributed by atoms with E-state index in [4.69, 9.17) is 10.00 Å². The summed E-state index contributed by atoms with van der Waals surface area (Å²) in [7, 11) is 0. The molecule has 4 nitrogen and oxygen atoms in total. The SMILES string of the molecule is CCOc1ccc2c(c1)CC(CC#N)C(=O)N2. The Bertz CT molecular complexity index is 477. The predicted octanol–water partition coefficient (Wildman–Crippen LogP) is 2.11. The van der Waals surface area contributed by atoms with Crippen LogP contribution in [0.1, 0.15) is 18.9 Å². The molecular weight excluding hydrogens is 216 g/mol. The van der Waals surface area contributed by atoms with Crippen LogP contribution in [0.2, 0.25) is 0 Å². The van der Waals surface area contributed by atoms with E-state index in [1.165, 1.54) is 0 Å². The van der Waals surface area contributed by atoms with Crippen LogP contribution in [0.5, 0.6) is 5.75 Å². The number of rotatable bonds is 3. The zero-order chi connectivity index (χ0) is 12.3. The van der Waals surface area contributed by atoms with Crippen molar-refractivity contribution in [3.8, 4) is 11.8 Å². The average molecular weight is 230 g/mol. The predicted molar refractivity (Wildman–Crippen MR) is 63.7 cm³/mol. The number of ether oxygens (including phenoxy) is 1. The molecule has 0 aromatic heterocycles. The van der Waals surface area contributed by atoms with Crippen molar-refractivity contribution in [3.63, 3.8) is 0 Å². The third kappa shape index (κ3) is 2.39. The number of nitriles is 1. The van der Waals surface area contributed by atoms with Gasteiger partial charge in [-0.1, -0.05) is 0 Å². The molecule has 88 valence electrons. The van der Waals surface area contributed by atoms with Crippen LogP contribution in [-0.4, -0.2) is 12.5 Å². The van der Waals surface area contributed by atoms with Crippen molar-refractivity contribution < 1.29 is 9.53 Å². The number of nitrogens with zero attached hydrogens (tertiary/aromatic N) is 1. The number of carbonyl (C=O) groups is 1. The van der Waals surface area contributed by atoms with Crippen LogP contribution in [-0.2, 0) is 11.2 Å². The molecule has 0 spiro atoms. The zero-order valence-corrected chi connectivity index (χ0v) is 9.69. The van der Waals surface area contributed by atoms with Gasteiger partial charge in [0.15, 0.2) is 0 Å². The van der Waals surface area contributed by atoms with Gasteiger partial charge in [0.05, 0.1) is 18.6 Å².